The fourth-order valence-electron chi connectivity index (χ4n) is 2.13. The van der Waals surface area contributed by atoms with Crippen molar-refractivity contribution in [1.82, 2.24) is 9.55 Å². The highest BCUT2D eigenvalue weighted by Gasteiger charge is 2.12. The van der Waals surface area contributed by atoms with Crippen LogP contribution in [0.4, 0.5) is 8.78 Å². The average Bonchev–Trinajstić information content (AvgIpc) is 2.66. The molecule has 0 aliphatic heterocycles. The molecule has 0 saturated heterocycles. The molecule has 0 bridgehead atoms. The molecule has 0 atom stereocenters. The second-order valence-electron chi connectivity index (χ2n) is 4.48. The van der Waals surface area contributed by atoms with Crippen LogP contribution < -0.4 is 0 Å². The zero-order chi connectivity index (χ0) is 14.4. The average molecular weight is 402 g/mol. The van der Waals surface area contributed by atoms with E-state index in [4.69, 9.17) is 12.2 Å². The van der Waals surface area contributed by atoms with Gasteiger partial charge in [0.05, 0.1) is 16.7 Å². The van der Waals surface area contributed by atoms with E-state index >= 15 is 0 Å². The van der Waals surface area contributed by atoms with E-state index in [2.05, 4.69) is 27.6 Å². The zero-order valence-corrected chi connectivity index (χ0v) is 13.4. The van der Waals surface area contributed by atoms with E-state index in [1.54, 1.807) is 23.6 Å². The highest BCUT2D eigenvalue weighted by Crippen LogP contribution is 2.25. The summed E-state index contributed by atoms with van der Waals surface area (Å²) in [5, 5.41) is 0. The van der Waals surface area contributed by atoms with E-state index in [0.717, 1.165) is 14.8 Å². The number of halogens is 3. The number of fused-ring (bicyclic) bond motifs is 1. The van der Waals surface area contributed by atoms with E-state index < -0.39 is 0 Å². The maximum Gasteiger partial charge on any atom is 0.182 e. The third-order valence-corrected chi connectivity index (χ3v) is 4.26. The highest BCUT2D eigenvalue weighted by molar-refractivity contribution is 14.1. The minimum Gasteiger partial charge on any atom is -0.330 e. The molecule has 0 saturated carbocycles. The molecule has 102 valence electrons. The summed E-state index contributed by atoms with van der Waals surface area (Å²) in [7, 11) is 0. The predicted molar refractivity (Wildman–Crippen MR) is 85.8 cm³/mol. The van der Waals surface area contributed by atoms with Gasteiger partial charge < -0.3 is 4.98 Å². The molecule has 3 aromatic rings. The fourth-order valence-corrected chi connectivity index (χ4v) is 3.16. The summed E-state index contributed by atoms with van der Waals surface area (Å²) in [6, 6.07) is 7.64. The van der Waals surface area contributed by atoms with Crippen molar-refractivity contribution < 1.29 is 8.78 Å². The molecule has 2 nitrogen and oxygen atoms in total. The van der Waals surface area contributed by atoms with Gasteiger partial charge >= 0.3 is 0 Å². The van der Waals surface area contributed by atoms with E-state index in [1.165, 1.54) is 18.2 Å². The van der Waals surface area contributed by atoms with Crippen molar-refractivity contribution in [1.29, 1.82) is 0 Å². The highest BCUT2D eigenvalue weighted by atomic mass is 127. The van der Waals surface area contributed by atoms with Crippen LogP contribution in [0.2, 0.25) is 0 Å². The number of aryl methyl sites for hydroxylation is 1. The lowest BCUT2D eigenvalue weighted by atomic mass is 10.2. The molecule has 3 rings (SSSR count). The summed E-state index contributed by atoms with van der Waals surface area (Å²) in [5.41, 5.74) is 2.71. The minimum atomic E-state index is -0.299. The van der Waals surface area contributed by atoms with Crippen LogP contribution in [0.1, 0.15) is 5.56 Å². The standard InChI is InChI=1S/C14H9F2IN2S/c1-7-4-13-11(6-9(7)16)18-14(20)19(13)12-3-2-8(15)5-10(12)17/h2-6H,1H3,(H,18,20). The van der Waals surface area contributed by atoms with Crippen molar-refractivity contribution in [3.63, 3.8) is 0 Å². The number of H-pyrrole nitrogens is 1. The third-order valence-electron chi connectivity index (χ3n) is 3.11. The Labute approximate surface area is 132 Å². The van der Waals surface area contributed by atoms with Gasteiger partial charge in [-0.1, -0.05) is 0 Å². The van der Waals surface area contributed by atoms with Gasteiger partial charge in [-0.3, -0.25) is 4.57 Å². The minimum absolute atomic E-state index is 0.283. The van der Waals surface area contributed by atoms with Gasteiger partial charge in [0.2, 0.25) is 0 Å². The summed E-state index contributed by atoms with van der Waals surface area (Å²) >= 11 is 7.36. The van der Waals surface area contributed by atoms with E-state index in [-0.39, 0.29) is 11.6 Å². The number of rotatable bonds is 1. The van der Waals surface area contributed by atoms with E-state index in [9.17, 15) is 8.78 Å². The third kappa shape index (κ3) is 2.16. The summed E-state index contributed by atoms with van der Waals surface area (Å²) in [4.78, 5) is 2.98. The van der Waals surface area contributed by atoms with Crippen molar-refractivity contribution in [2.75, 3.05) is 0 Å². The second kappa shape index (κ2) is 4.92. The number of aromatic amines is 1. The Kier molecular flexibility index (Phi) is 3.37. The van der Waals surface area contributed by atoms with Crippen molar-refractivity contribution in [3.05, 3.63) is 55.9 Å². The van der Waals surface area contributed by atoms with Crippen LogP contribution in [-0.2, 0) is 0 Å². The van der Waals surface area contributed by atoms with Gasteiger partial charge in [-0.15, -0.1) is 0 Å². The predicted octanol–water partition coefficient (Wildman–Crippen LogP) is 4.88. The van der Waals surface area contributed by atoms with Crippen molar-refractivity contribution in [3.8, 4) is 5.69 Å². The first-order valence-corrected chi connectivity index (χ1v) is 7.32. The van der Waals surface area contributed by atoms with Crippen LogP contribution in [0.5, 0.6) is 0 Å². The molecule has 20 heavy (non-hydrogen) atoms. The van der Waals surface area contributed by atoms with Gasteiger partial charge in [-0.25, -0.2) is 8.78 Å². The zero-order valence-electron chi connectivity index (χ0n) is 10.4. The summed E-state index contributed by atoms with van der Waals surface area (Å²) in [6.45, 7) is 1.70. The van der Waals surface area contributed by atoms with Crippen LogP contribution in [0.15, 0.2) is 30.3 Å². The maximum atomic E-state index is 13.6. The van der Waals surface area contributed by atoms with Crippen LogP contribution >= 0.6 is 34.8 Å². The van der Waals surface area contributed by atoms with Gasteiger partial charge in [-0.2, -0.15) is 0 Å². The lowest BCUT2D eigenvalue weighted by molar-refractivity contribution is 0.620. The summed E-state index contributed by atoms with van der Waals surface area (Å²) in [6.07, 6.45) is 0. The van der Waals surface area contributed by atoms with Crippen LogP contribution in [0.3, 0.4) is 0 Å². The van der Waals surface area contributed by atoms with E-state index in [1.807, 2.05) is 0 Å². The fraction of sp³-hybridized carbons (Fsp3) is 0.0714. The lowest BCUT2D eigenvalue weighted by Crippen LogP contribution is -1.98. The molecule has 1 heterocycles. The Morgan fingerprint density at radius 2 is 1.95 bits per heavy atom. The number of nitrogens with zero attached hydrogens (tertiary/aromatic N) is 1. The molecule has 6 heteroatoms. The number of imidazole rings is 1. The molecule has 0 spiro atoms. The molecule has 0 aliphatic carbocycles. The first-order valence-electron chi connectivity index (χ1n) is 5.83. The smallest absolute Gasteiger partial charge is 0.182 e. The SMILES string of the molecule is Cc1cc2c(cc1F)[nH]c(=S)n2-c1ccc(F)cc1I. The lowest BCUT2D eigenvalue weighted by Gasteiger charge is -2.08. The van der Waals surface area contributed by atoms with Crippen molar-refractivity contribution >= 4 is 45.8 Å². The first kappa shape index (κ1) is 13.7. The quantitative estimate of drug-likeness (QED) is 0.455. The number of hydrogen-bond acceptors (Lipinski definition) is 1. The Balaban J connectivity index is 2.39. The number of benzene rings is 2. The number of hydrogen-bond donors (Lipinski definition) is 1. The first-order chi connectivity index (χ1) is 9.47. The molecular formula is C14H9F2IN2S. The topological polar surface area (TPSA) is 20.7 Å². The molecule has 0 fully saturated rings. The monoisotopic (exact) mass is 402 g/mol. The summed E-state index contributed by atoms with van der Waals surface area (Å²) < 4.78 is 29.8. The molecule has 1 N–H and O–H groups in total. The van der Waals surface area contributed by atoms with Crippen LogP contribution in [-0.4, -0.2) is 9.55 Å². The Hall–Kier alpha value is -1.28. The van der Waals surface area contributed by atoms with Crippen LogP contribution in [0.25, 0.3) is 16.7 Å². The van der Waals surface area contributed by atoms with Gasteiger partial charge in [-0.05, 0) is 77.6 Å². The molecular weight excluding hydrogens is 393 g/mol. The largest absolute Gasteiger partial charge is 0.330 e. The Morgan fingerprint density at radius 3 is 2.65 bits per heavy atom. The molecule has 0 amide bonds. The molecule has 0 aliphatic rings. The van der Waals surface area contributed by atoms with Crippen molar-refractivity contribution in [2.45, 2.75) is 6.92 Å². The number of aromatic nitrogens is 2. The maximum absolute atomic E-state index is 13.6. The normalized spacial score (nSPS) is 11.2. The van der Waals surface area contributed by atoms with Gasteiger partial charge in [0.15, 0.2) is 4.77 Å². The Bertz CT molecular complexity index is 883. The van der Waals surface area contributed by atoms with Gasteiger partial charge in [0.1, 0.15) is 11.6 Å². The Morgan fingerprint density at radius 1 is 1.20 bits per heavy atom. The number of nitrogens with one attached hydrogen (secondary N) is 1. The summed E-state index contributed by atoms with van der Waals surface area (Å²) in [5.74, 6) is -0.582. The van der Waals surface area contributed by atoms with Gasteiger partial charge in [0, 0.05) is 3.57 Å². The molecule has 0 radical (unpaired) electrons. The van der Waals surface area contributed by atoms with Crippen LogP contribution in [0, 0.1) is 26.9 Å². The van der Waals surface area contributed by atoms with E-state index in [0.29, 0.717) is 15.9 Å². The van der Waals surface area contributed by atoms with Gasteiger partial charge in [0.25, 0.3) is 0 Å². The van der Waals surface area contributed by atoms with Crippen molar-refractivity contribution in [2.24, 2.45) is 0 Å². The second-order valence-corrected chi connectivity index (χ2v) is 6.03. The molecule has 1 aromatic heterocycles. The molecule has 0 unspecified atom stereocenters. The molecule has 2 aromatic carbocycles.